The van der Waals surface area contributed by atoms with Crippen LogP contribution >= 0.6 is 0 Å². The van der Waals surface area contributed by atoms with Gasteiger partial charge in [0.2, 0.25) is 0 Å². The normalized spacial score (nSPS) is 13.8. The first-order valence-corrected chi connectivity index (χ1v) is 5.97. The summed E-state index contributed by atoms with van der Waals surface area (Å²) in [7, 11) is 1.63. The van der Waals surface area contributed by atoms with Gasteiger partial charge in [-0.3, -0.25) is 4.68 Å². The fraction of sp³-hybridized carbons (Fsp3) is 0.750. The first kappa shape index (κ1) is 14.0. The minimum Gasteiger partial charge on any atom is -0.493 e. The minimum atomic E-state index is -0.449. The van der Waals surface area contributed by atoms with Crippen LogP contribution in [0.1, 0.15) is 39.4 Å². The van der Waals surface area contributed by atoms with Crippen LogP contribution in [0.3, 0.4) is 0 Å². The van der Waals surface area contributed by atoms with E-state index in [9.17, 15) is 0 Å². The molecular weight excluding hydrogens is 218 g/mol. The summed E-state index contributed by atoms with van der Waals surface area (Å²) in [4.78, 5) is 0. The van der Waals surface area contributed by atoms with Gasteiger partial charge in [-0.1, -0.05) is 0 Å². The molecule has 1 heterocycles. The second kappa shape index (κ2) is 5.51. The van der Waals surface area contributed by atoms with Gasteiger partial charge in [-0.2, -0.15) is 5.10 Å². The van der Waals surface area contributed by atoms with Crippen molar-refractivity contribution in [2.75, 3.05) is 13.7 Å². The lowest BCUT2D eigenvalue weighted by molar-refractivity contribution is -0.0320. The van der Waals surface area contributed by atoms with Crippen LogP contribution in [0.4, 0.5) is 0 Å². The number of hydrogen-bond acceptors (Lipinski definition) is 4. The summed E-state index contributed by atoms with van der Waals surface area (Å²) in [6, 6.07) is -0.278. The predicted molar refractivity (Wildman–Crippen MR) is 67.1 cm³/mol. The van der Waals surface area contributed by atoms with Crippen LogP contribution < -0.4 is 10.5 Å². The van der Waals surface area contributed by atoms with Crippen LogP contribution in [0.25, 0.3) is 0 Å². The third-order valence-electron chi connectivity index (χ3n) is 2.92. The monoisotopic (exact) mass is 241 g/mol. The second-order valence-corrected chi connectivity index (χ2v) is 4.43. The van der Waals surface area contributed by atoms with Crippen LogP contribution in [-0.4, -0.2) is 29.1 Å². The van der Waals surface area contributed by atoms with Gasteiger partial charge in [0, 0.05) is 13.2 Å². The second-order valence-electron chi connectivity index (χ2n) is 4.43. The molecule has 0 radical (unpaired) electrons. The number of rotatable bonds is 6. The molecule has 5 heteroatoms. The summed E-state index contributed by atoms with van der Waals surface area (Å²) < 4.78 is 12.8. The molecule has 0 aromatic carbocycles. The van der Waals surface area contributed by atoms with Crippen molar-refractivity contribution >= 4 is 0 Å². The van der Waals surface area contributed by atoms with E-state index in [4.69, 9.17) is 15.2 Å². The number of methoxy groups -OCH3 is 1. The molecule has 1 aromatic heterocycles. The van der Waals surface area contributed by atoms with Crippen LogP contribution in [-0.2, 0) is 11.3 Å². The van der Waals surface area contributed by atoms with E-state index in [1.165, 1.54) is 0 Å². The van der Waals surface area contributed by atoms with Crippen molar-refractivity contribution in [2.24, 2.45) is 5.73 Å². The van der Waals surface area contributed by atoms with Gasteiger partial charge in [-0.05, 0) is 27.7 Å². The molecule has 98 valence electrons. The topological polar surface area (TPSA) is 62.3 Å². The maximum atomic E-state index is 6.29. The highest BCUT2D eigenvalue weighted by Crippen LogP contribution is 2.32. The molecule has 1 atom stereocenters. The molecular formula is C12H23N3O2. The fourth-order valence-electron chi connectivity index (χ4n) is 1.89. The Kier molecular flexibility index (Phi) is 4.54. The van der Waals surface area contributed by atoms with E-state index in [1.54, 1.807) is 13.3 Å². The summed E-state index contributed by atoms with van der Waals surface area (Å²) in [5, 5.41) is 4.26. The van der Waals surface area contributed by atoms with Crippen LogP contribution in [0.2, 0.25) is 0 Å². The Morgan fingerprint density at radius 1 is 1.47 bits per heavy atom. The van der Waals surface area contributed by atoms with Crippen molar-refractivity contribution in [1.82, 2.24) is 9.78 Å². The molecule has 0 aliphatic carbocycles. The highest BCUT2D eigenvalue weighted by Gasteiger charge is 2.33. The molecule has 0 amide bonds. The summed E-state index contributed by atoms with van der Waals surface area (Å²) in [6.07, 6.45) is 1.70. The maximum absolute atomic E-state index is 6.29. The van der Waals surface area contributed by atoms with Crippen LogP contribution in [0, 0.1) is 0 Å². The first-order chi connectivity index (χ1) is 7.97. The molecule has 0 bridgehead atoms. The SMILES string of the molecule is CCOC(C)(C)C(N)c1c(OC)cnn1CC. The lowest BCUT2D eigenvalue weighted by Gasteiger charge is -2.32. The molecule has 17 heavy (non-hydrogen) atoms. The van der Waals surface area contributed by atoms with Gasteiger partial charge in [0.25, 0.3) is 0 Å². The molecule has 1 aromatic rings. The fourth-order valence-corrected chi connectivity index (χ4v) is 1.89. The quantitative estimate of drug-likeness (QED) is 0.824. The van der Waals surface area contributed by atoms with Crippen molar-refractivity contribution < 1.29 is 9.47 Å². The highest BCUT2D eigenvalue weighted by molar-refractivity contribution is 5.30. The number of aryl methyl sites for hydroxylation is 1. The van der Waals surface area contributed by atoms with Crippen molar-refractivity contribution in [3.63, 3.8) is 0 Å². The number of nitrogens with two attached hydrogens (primary N) is 1. The Hall–Kier alpha value is -1.07. The number of nitrogens with zero attached hydrogens (tertiary/aromatic N) is 2. The molecule has 0 spiro atoms. The number of ether oxygens (including phenoxy) is 2. The Morgan fingerprint density at radius 3 is 2.59 bits per heavy atom. The molecule has 1 unspecified atom stereocenters. The molecule has 5 nitrogen and oxygen atoms in total. The molecule has 0 fully saturated rings. The zero-order valence-corrected chi connectivity index (χ0v) is 11.4. The zero-order chi connectivity index (χ0) is 13.1. The van der Waals surface area contributed by atoms with Crippen molar-refractivity contribution in [1.29, 1.82) is 0 Å². The zero-order valence-electron chi connectivity index (χ0n) is 11.4. The van der Waals surface area contributed by atoms with Gasteiger partial charge in [-0.15, -0.1) is 0 Å². The Morgan fingerprint density at radius 2 is 2.12 bits per heavy atom. The molecule has 0 saturated carbocycles. The molecule has 1 rings (SSSR count). The summed E-state index contributed by atoms with van der Waals surface area (Å²) >= 11 is 0. The van der Waals surface area contributed by atoms with Gasteiger partial charge in [0.15, 0.2) is 5.75 Å². The lowest BCUT2D eigenvalue weighted by Crippen LogP contribution is -2.39. The van der Waals surface area contributed by atoms with Crippen molar-refractivity contribution in [3.8, 4) is 5.75 Å². The Labute approximate surface area is 103 Å². The van der Waals surface area contributed by atoms with Gasteiger partial charge >= 0.3 is 0 Å². The van der Waals surface area contributed by atoms with E-state index in [2.05, 4.69) is 5.10 Å². The largest absolute Gasteiger partial charge is 0.493 e. The smallest absolute Gasteiger partial charge is 0.161 e. The van der Waals surface area contributed by atoms with Gasteiger partial charge in [0.1, 0.15) is 0 Å². The molecule has 2 N–H and O–H groups in total. The average molecular weight is 241 g/mol. The minimum absolute atomic E-state index is 0.278. The average Bonchev–Trinajstić information content (AvgIpc) is 2.70. The maximum Gasteiger partial charge on any atom is 0.161 e. The number of aromatic nitrogens is 2. The van der Waals surface area contributed by atoms with Crippen LogP contribution in [0.15, 0.2) is 6.20 Å². The predicted octanol–water partition coefficient (Wildman–Crippen LogP) is 1.73. The molecule has 0 aliphatic rings. The van der Waals surface area contributed by atoms with Gasteiger partial charge in [0.05, 0.1) is 30.6 Å². The standard InChI is InChI=1S/C12H23N3O2/c1-6-15-10(9(16-5)8-14-15)11(13)12(3,4)17-7-2/h8,11H,6-7,13H2,1-5H3. The van der Waals surface area contributed by atoms with E-state index in [0.717, 1.165) is 12.2 Å². The van der Waals surface area contributed by atoms with E-state index >= 15 is 0 Å². The van der Waals surface area contributed by atoms with E-state index in [-0.39, 0.29) is 6.04 Å². The lowest BCUT2D eigenvalue weighted by atomic mass is 9.96. The third kappa shape index (κ3) is 2.79. The van der Waals surface area contributed by atoms with E-state index in [1.807, 2.05) is 32.4 Å². The van der Waals surface area contributed by atoms with Gasteiger partial charge in [-0.25, -0.2) is 0 Å². The van der Waals surface area contributed by atoms with Gasteiger partial charge < -0.3 is 15.2 Å². The number of hydrogen-bond donors (Lipinski definition) is 1. The van der Waals surface area contributed by atoms with Crippen LogP contribution in [0.5, 0.6) is 5.75 Å². The third-order valence-corrected chi connectivity index (χ3v) is 2.92. The van der Waals surface area contributed by atoms with E-state index in [0.29, 0.717) is 12.4 Å². The highest BCUT2D eigenvalue weighted by atomic mass is 16.5. The van der Waals surface area contributed by atoms with E-state index < -0.39 is 5.60 Å². The Balaban J connectivity index is 3.09. The first-order valence-electron chi connectivity index (χ1n) is 5.97. The van der Waals surface area contributed by atoms with Crippen molar-refractivity contribution in [2.45, 2.75) is 45.9 Å². The summed E-state index contributed by atoms with van der Waals surface area (Å²) in [5.41, 5.74) is 6.72. The molecule has 0 saturated heterocycles. The Bertz CT molecular complexity index is 339. The molecule has 0 aliphatic heterocycles. The summed E-state index contributed by atoms with van der Waals surface area (Å²) in [5.74, 6) is 0.715. The van der Waals surface area contributed by atoms with Crippen molar-refractivity contribution in [3.05, 3.63) is 11.9 Å². The summed E-state index contributed by atoms with van der Waals surface area (Å²) in [6.45, 7) is 9.33.